The van der Waals surface area contributed by atoms with E-state index < -0.39 is 0 Å². The van der Waals surface area contributed by atoms with Gasteiger partial charge in [-0.05, 0) is 33.0 Å². The molecule has 0 amide bonds. The number of nitrogens with zero attached hydrogens (tertiary/aromatic N) is 4. The predicted octanol–water partition coefficient (Wildman–Crippen LogP) is 4.37. The van der Waals surface area contributed by atoms with Gasteiger partial charge in [0.2, 0.25) is 5.88 Å². The summed E-state index contributed by atoms with van der Waals surface area (Å²) in [6.45, 7) is 14.8. The molecule has 0 saturated heterocycles. The Labute approximate surface area is 176 Å². The third-order valence-electron chi connectivity index (χ3n) is 5.56. The van der Waals surface area contributed by atoms with Crippen molar-refractivity contribution < 1.29 is 9.47 Å². The third-order valence-corrected chi connectivity index (χ3v) is 6.64. The van der Waals surface area contributed by atoms with Crippen LogP contribution in [0.4, 0.5) is 0 Å². The van der Waals surface area contributed by atoms with Crippen LogP contribution >= 0.6 is 11.3 Å². The van der Waals surface area contributed by atoms with Crippen LogP contribution in [0, 0.1) is 0 Å². The smallest absolute Gasteiger partial charge is 0.235 e. The summed E-state index contributed by atoms with van der Waals surface area (Å²) in [5.74, 6) is 1.50. The van der Waals surface area contributed by atoms with Gasteiger partial charge in [-0.25, -0.2) is 9.97 Å². The summed E-state index contributed by atoms with van der Waals surface area (Å²) in [6, 6.07) is 2.21. The zero-order valence-electron chi connectivity index (χ0n) is 18.0. The second-order valence-electron chi connectivity index (χ2n) is 8.13. The first kappa shape index (κ1) is 20.4. The summed E-state index contributed by atoms with van der Waals surface area (Å²) < 4.78 is 13.1. The Morgan fingerprint density at radius 3 is 2.69 bits per heavy atom. The van der Waals surface area contributed by atoms with Crippen molar-refractivity contribution in [3.63, 3.8) is 0 Å². The second-order valence-corrected chi connectivity index (χ2v) is 9.12. The van der Waals surface area contributed by atoms with Gasteiger partial charge in [-0.1, -0.05) is 20.8 Å². The lowest BCUT2D eigenvalue weighted by Crippen LogP contribution is -2.32. The topological polar surface area (TPSA) is 60.4 Å². The Balaban J connectivity index is 1.74. The maximum absolute atomic E-state index is 6.15. The van der Waals surface area contributed by atoms with E-state index in [2.05, 4.69) is 50.6 Å². The van der Waals surface area contributed by atoms with Crippen molar-refractivity contribution in [1.82, 2.24) is 19.9 Å². The number of aromatic nitrogens is 3. The Morgan fingerprint density at radius 1 is 1.17 bits per heavy atom. The van der Waals surface area contributed by atoms with Crippen LogP contribution in [0.5, 0.6) is 5.88 Å². The maximum atomic E-state index is 6.15. The van der Waals surface area contributed by atoms with Gasteiger partial charge < -0.3 is 14.4 Å². The molecule has 0 spiro atoms. The van der Waals surface area contributed by atoms with Gasteiger partial charge >= 0.3 is 0 Å². The molecule has 4 rings (SSSR count). The van der Waals surface area contributed by atoms with Crippen LogP contribution < -0.4 is 4.74 Å². The lowest BCUT2D eigenvalue weighted by Gasteiger charge is -2.30. The van der Waals surface area contributed by atoms with E-state index in [0.717, 1.165) is 70.0 Å². The second kappa shape index (κ2) is 8.13. The molecule has 156 valence electrons. The van der Waals surface area contributed by atoms with Gasteiger partial charge in [0.15, 0.2) is 0 Å². The van der Waals surface area contributed by atoms with Crippen molar-refractivity contribution in [2.45, 2.75) is 59.7 Å². The molecule has 0 radical (unpaired) electrons. The van der Waals surface area contributed by atoms with Gasteiger partial charge in [-0.2, -0.15) is 4.98 Å². The molecule has 7 heteroatoms. The highest BCUT2D eigenvalue weighted by Gasteiger charge is 2.28. The Bertz CT molecular complexity index is 1030. The lowest BCUT2D eigenvalue weighted by molar-refractivity contribution is -0.0411. The summed E-state index contributed by atoms with van der Waals surface area (Å²) in [6.07, 6.45) is 1.60. The number of likely N-dealkylation sites (N-methyl/N-ethyl adjacent to an activating group) is 1. The summed E-state index contributed by atoms with van der Waals surface area (Å²) in [4.78, 5) is 17.9. The minimum absolute atomic E-state index is 0.168. The summed E-state index contributed by atoms with van der Waals surface area (Å²) in [7, 11) is 0. The average Bonchev–Trinajstić information content (AvgIpc) is 3.06. The van der Waals surface area contributed by atoms with Crippen molar-refractivity contribution in [2.24, 2.45) is 0 Å². The average molecular weight is 415 g/mol. The molecule has 3 aromatic rings. The molecule has 1 aliphatic rings. The number of aryl methyl sites for hydroxylation is 1. The molecule has 0 atom stereocenters. The van der Waals surface area contributed by atoms with Gasteiger partial charge in [0.1, 0.15) is 22.0 Å². The first-order valence-corrected chi connectivity index (χ1v) is 11.4. The molecule has 3 aromatic heterocycles. The molecule has 0 saturated carbocycles. The number of ether oxygens (including phenoxy) is 2. The number of pyridine rings is 1. The molecule has 6 nitrogen and oxygen atoms in total. The van der Waals surface area contributed by atoms with Gasteiger partial charge in [-0.3, -0.25) is 0 Å². The molecule has 0 fully saturated rings. The highest BCUT2D eigenvalue weighted by atomic mass is 32.1. The summed E-state index contributed by atoms with van der Waals surface area (Å²) in [5.41, 5.74) is 3.08. The van der Waals surface area contributed by atoms with Crippen molar-refractivity contribution in [2.75, 3.05) is 26.2 Å². The molecule has 29 heavy (non-hydrogen) atoms. The zero-order chi connectivity index (χ0) is 20.6. The Morgan fingerprint density at radius 2 is 1.97 bits per heavy atom. The highest BCUT2D eigenvalue weighted by Crippen LogP contribution is 2.39. The third kappa shape index (κ3) is 4.09. The zero-order valence-corrected chi connectivity index (χ0v) is 18.9. The van der Waals surface area contributed by atoms with Crippen LogP contribution in [0.1, 0.15) is 51.7 Å². The van der Waals surface area contributed by atoms with Gasteiger partial charge in [0.05, 0.1) is 23.4 Å². The van der Waals surface area contributed by atoms with Crippen molar-refractivity contribution in [1.29, 1.82) is 0 Å². The minimum Gasteiger partial charge on any atom is -0.475 e. The molecule has 0 aliphatic carbocycles. The van der Waals surface area contributed by atoms with E-state index in [1.807, 2.05) is 0 Å². The quantitative estimate of drug-likeness (QED) is 0.572. The highest BCUT2D eigenvalue weighted by molar-refractivity contribution is 7.25. The fourth-order valence-electron chi connectivity index (χ4n) is 3.74. The van der Waals surface area contributed by atoms with Gasteiger partial charge in [-0.15, -0.1) is 11.3 Å². The van der Waals surface area contributed by atoms with E-state index in [9.17, 15) is 0 Å². The SMILES string of the molecule is CCc1nc(OCCN(CC)CC)c2sc3nc4c(cc3c2n1)COC(C)(C)C4. The van der Waals surface area contributed by atoms with Crippen LogP contribution in [-0.2, 0) is 24.2 Å². The number of rotatable bonds is 7. The summed E-state index contributed by atoms with van der Waals surface area (Å²) in [5, 5.41) is 1.08. The number of hydrogen-bond donors (Lipinski definition) is 0. The van der Waals surface area contributed by atoms with Crippen LogP contribution in [0.15, 0.2) is 6.07 Å². The van der Waals surface area contributed by atoms with Gasteiger partial charge in [0.25, 0.3) is 0 Å². The van der Waals surface area contributed by atoms with Crippen molar-refractivity contribution in [3.05, 3.63) is 23.1 Å². The van der Waals surface area contributed by atoms with Crippen LogP contribution in [0.2, 0.25) is 0 Å². The van der Waals surface area contributed by atoms with E-state index in [4.69, 9.17) is 19.4 Å². The van der Waals surface area contributed by atoms with E-state index in [1.165, 1.54) is 0 Å². The minimum atomic E-state index is -0.168. The summed E-state index contributed by atoms with van der Waals surface area (Å²) >= 11 is 1.64. The molecular formula is C22H30N4O2S. The lowest BCUT2D eigenvalue weighted by atomic mass is 9.95. The molecule has 0 N–H and O–H groups in total. The molecule has 0 unspecified atom stereocenters. The maximum Gasteiger partial charge on any atom is 0.235 e. The fourth-order valence-corrected chi connectivity index (χ4v) is 4.80. The molecule has 0 aromatic carbocycles. The number of fused-ring (bicyclic) bond motifs is 4. The Hall–Kier alpha value is -1.83. The van der Waals surface area contributed by atoms with Gasteiger partial charge in [0, 0.05) is 30.3 Å². The standard InChI is InChI=1S/C22H30N4O2S/c1-6-17-24-18-15-11-14-13-28-22(4,5)12-16(14)23-21(15)29-19(18)20(25-17)27-10-9-26(7-2)8-3/h11H,6-10,12-13H2,1-5H3. The van der Waals surface area contributed by atoms with E-state index in [1.54, 1.807) is 11.3 Å². The van der Waals surface area contributed by atoms with Crippen molar-refractivity contribution >= 4 is 31.8 Å². The largest absolute Gasteiger partial charge is 0.475 e. The van der Waals surface area contributed by atoms with E-state index >= 15 is 0 Å². The van der Waals surface area contributed by atoms with Crippen molar-refractivity contribution in [3.8, 4) is 5.88 Å². The first-order valence-electron chi connectivity index (χ1n) is 10.5. The molecular weight excluding hydrogens is 384 g/mol. The number of thiophene rings is 1. The Kier molecular flexibility index (Phi) is 5.73. The fraction of sp³-hybridized carbons (Fsp3) is 0.591. The predicted molar refractivity (Wildman–Crippen MR) is 118 cm³/mol. The van der Waals surface area contributed by atoms with E-state index in [0.29, 0.717) is 19.1 Å². The molecule has 0 bridgehead atoms. The van der Waals surface area contributed by atoms with Crippen LogP contribution in [-0.4, -0.2) is 51.7 Å². The molecule has 1 aliphatic heterocycles. The van der Waals surface area contributed by atoms with E-state index in [-0.39, 0.29) is 5.60 Å². The molecule has 4 heterocycles. The number of hydrogen-bond acceptors (Lipinski definition) is 7. The van der Waals surface area contributed by atoms with Crippen LogP contribution in [0.3, 0.4) is 0 Å². The monoisotopic (exact) mass is 414 g/mol. The normalized spacial score (nSPS) is 15.9. The first-order chi connectivity index (χ1) is 13.9. The van der Waals surface area contributed by atoms with Crippen LogP contribution in [0.25, 0.3) is 20.4 Å².